The number of aromatic nitrogens is 1. The van der Waals surface area contributed by atoms with Gasteiger partial charge in [0.1, 0.15) is 0 Å². The van der Waals surface area contributed by atoms with E-state index in [4.69, 9.17) is 11.6 Å². The third kappa shape index (κ3) is 3.99. The van der Waals surface area contributed by atoms with E-state index < -0.39 is 4.92 Å². The maximum absolute atomic E-state index is 11.0. The molecule has 0 amide bonds. The van der Waals surface area contributed by atoms with E-state index in [0.717, 1.165) is 16.6 Å². The van der Waals surface area contributed by atoms with Gasteiger partial charge in [0.15, 0.2) is 0 Å². The van der Waals surface area contributed by atoms with Crippen LogP contribution in [0.15, 0.2) is 65.9 Å². The number of pyridine rings is 1. The van der Waals surface area contributed by atoms with Gasteiger partial charge in [-0.2, -0.15) is 5.10 Å². The van der Waals surface area contributed by atoms with Crippen LogP contribution >= 0.6 is 11.6 Å². The van der Waals surface area contributed by atoms with Crippen LogP contribution in [0.5, 0.6) is 0 Å². The minimum atomic E-state index is -0.413. The molecule has 0 aliphatic carbocycles. The number of benzene rings is 2. The Labute approximate surface area is 148 Å². The predicted molar refractivity (Wildman–Crippen MR) is 101 cm³/mol. The van der Waals surface area contributed by atoms with Crippen LogP contribution in [0, 0.1) is 10.1 Å². The normalized spacial score (nSPS) is 11.4. The number of hydrogen-bond donors (Lipinski definition) is 1. The topological polar surface area (TPSA) is 80.4 Å². The minimum absolute atomic E-state index is 0.0529. The molecule has 0 atom stereocenters. The SMILES string of the molecule is O=[N+]([O-])c1ccccc1/C=C/C=N\Nc1ccnc2cc(Cl)ccc12. The Morgan fingerprint density at radius 3 is 2.88 bits per heavy atom. The van der Waals surface area contributed by atoms with Crippen LogP contribution in [0.3, 0.4) is 0 Å². The van der Waals surface area contributed by atoms with Crippen LogP contribution in [-0.4, -0.2) is 16.1 Å². The number of hydrogen-bond acceptors (Lipinski definition) is 5. The van der Waals surface area contributed by atoms with Crippen LogP contribution in [0.4, 0.5) is 11.4 Å². The number of allylic oxidation sites excluding steroid dienone is 1. The average molecular weight is 353 g/mol. The number of nitrogens with zero attached hydrogens (tertiary/aromatic N) is 3. The van der Waals surface area contributed by atoms with Crippen LogP contribution in [0.2, 0.25) is 5.02 Å². The van der Waals surface area contributed by atoms with Gasteiger partial charge in [-0.15, -0.1) is 0 Å². The van der Waals surface area contributed by atoms with E-state index in [-0.39, 0.29) is 5.69 Å². The summed E-state index contributed by atoms with van der Waals surface area (Å²) in [5.41, 5.74) is 5.06. The van der Waals surface area contributed by atoms with Gasteiger partial charge in [-0.1, -0.05) is 23.7 Å². The Bertz CT molecular complexity index is 986. The highest BCUT2D eigenvalue weighted by Crippen LogP contribution is 2.24. The Morgan fingerprint density at radius 2 is 2.04 bits per heavy atom. The second-order valence-corrected chi connectivity index (χ2v) is 5.52. The molecule has 0 saturated heterocycles. The van der Waals surface area contributed by atoms with Gasteiger partial charge in [0.05, 0.1) is 21.7 Å². The number of halogens is 1. The molecule has 0 aliphatic rings. The van der Waals surface area contributed by atoms with Gasteiger partial charge in [0.25, 0.3) is 5.69 Å². The lowest BCUT2D eigenvalue weighted by Crippen LogP contribution is -1.92. The van der Waals surface area contributed by atoms with Crippen molar-refractivity contribution in [3.8, 4) is 0 Å². The summed E-state index contributed by atoms with van der Waals surface area (Å²) in [6.45, 7) is 0. The summed E-state index contributed by atoms with van der Waals surface area (Å²) in [5, 5.41) is 16.6. The van der Waals surface area contributed by atoms with Crippen LogP contribution in [-0.2, 0) is 0 Å². The van der Waals surface area contributed by atoms with E-state index in [9.17, 15) is 10.1 Å². The van der Waals surface area contributed by atoms with Crippen molar-refractivity contribution in [1.29, 1.82) is 0 Å². The second-order valence-electron chi connectivity index (χ2n) is 5.08. The number of para-hydroxylation sites is 1. The van der Waals surface area contributed by atoms with Crippen molar-refractivity contribution in [2.24, 2.45) is 5.10 Å². The van der Waals surface area contributed by atoms with E-state index in [1.54, 1.807) is 54.7 Å². The molecule has 25 heavy (non-hydrogen) atoms. The van der Waals surface area contributed by atoms with Crippen molar-refractivity contribution < 1.29 is 4.92 Å². The first kappa shape index (κ1) is 16.6. The number of hydrazone groups is 1. The molecule has 0 aliphatic heterocycles. The lowest BCUT2D eigenvalue weighted by Gasteiger charge is -2.04. The number of nitrogens with one attached hydrogen (secondary N) is 1. The lowest BCUT2D eigenvalue weighted by atomic mass is 10.1. The van der Waals surface area contributed by atoms with Gasteiger partial charge < -0.3 is 0 Å². The van der Waals surface area contributed by atoms with Crippen molar-refractivity contribution in [3.63, 3.8) is 0 Å². The fraction of sp³-hybridized carbons (Fsp3) is 0. The van der Waals surface area contributed by atoms with Gasteiger partial charge in [-0.05, 0) is 42.5 Å². The molecule has 7 heteroatoms. The first-order chi connectivity index (χ1) is 12.1. The fourth-order valence-corrected chi connectivity index (χ4v) is 2.48. The maximum atomic E-state index is 11.0. The minimum Gasteiger partial charge on any atom is -0.278 e. The zero-order valence-electron chi connectivity index (χ0n) is 13.0. The van der Waals surface area contributed by atoms with Crippen molar-refractivity contribution in [2.75, 3.05) is 5.43 Å². The first-order valence-corrected chi connectivity index (χ1v) is 7.76. The Hall–Kier alpha value is -3.25. The van der Waals surface area contributed by atoms with Crippen LogP contribution < -0.4 is 5.43 Å². The molecule has 0 bridgehead atoms. The molecular formula is C18H13ClN4O2. The summed E-state index contributed by atoms with van der Waals surface area (Å²) in [4.78, 5) is 14.8. The molecule has 3 aromatic rings. The largest absolute Gasteiger partial charge is 0.278 e. The third-order valence-electron chi connectivity index (χ3n) is 3.46. The van der Waals surface area contributed by atoms with Gasteiger partial charge in [0, 0.05) is 28.9 Å². The molecule has 0 fully saturated rings. The Morgan fingerprint density at radius 1 is 1.20 bits per heavy atom. The molecule has 3 rings (SSSR count). The van der Waals surface area contributed by atoms with Gasteiger partial charge >= 0.3 is 0 Å². The molecule has 0 spiro atoms. The van der Waals surface area contributed by atoms with Crippen LogP contribution in [0.25, 0.3) is 17.0 Å². The summed E-state index contributed by atoms with van der Waals surface area (Å²) in [6, 6.07) is 13.8. The van der Waals surface area contributed by atoms with E-state index in [2.05, 4.69) is 15.5 Å². The van der Waals surface area contributed by atoms with Crippen LogP contribution in [0.1, 0.15) is 5.56 Å². The third-order valence-corrected chi connectivity index (χ3v) is 3.69. The molecule has 0 saturated carbocycles. The van der Waals surface area contributed by atoms with E-state index in [0.29, 0.717) is 10.6 Å². The highest BCUT2D eigenvalue weighted by atomic mass is 35.5. The molecule has 1 aromatic heterocycles. The van der Waals surface area contributed by atoms with E-state index in [1.165, 1.54) is 12.3 Å². The monoisotopic (exact) mass is 352 g/mol. The molecular weight excluding hydrogens is 340 g/mol. The molecule has 0 radical (unpaired) electrons. The Kier molecular flexibility index (Phi) is 5.01. The smallest absolute Gasteiger partial charge is 0.276 e. The standard InChI is InChI=1S/C18H13ClN4O2/c19-14-7-8-15-16(9-11-20-17(15)12-14)22-21-10-3-5-13-4-1-2-6-18(13)23(24)25/h1-12H,(H,20,22)/b5-3+,21-10-. The van der Waals surface area contributed by atoms with Gasteiger partial charge in [0.2, 0.25) is 0 Å². The zero-order chi connectivity index (χ0) is 17.6. The number of rotatable bonds is 5. The predicted octanol–water partition coefficient (Wildman–Crippen LogP) is 4.91. The molecule has 0 unspecified atom stereocenters. The number of nitro benzene ring substituents is 1. The van der Waals surface area contributed by atoms with Crippen molar-refractivity contribution in [2.45, 2.75) is 0 Å². The van der Waals surface area contributed by atoms with E-state index in [1.807, 2.05) is 6.07 Å². The summed E-state index contributed by atoms with van der Waals surface area (Å²) in [7, 11) is 0. The van der Waals surface area contributed by atoms with Crippen molar-refractivity contribution in [1.82, 2.24) is 4.98 Å². The molecule has 124 valence electrons. The number of anilines is 1. The van der Waals surface area contributed by atoms with Gasteiger partial charge in [-0.25, -0.2) is 0 Å². The summed E-state index contributed by atoms with van der Waals surface area (Å²) in [5.74, 6) is 0. The molecule has 6 nitrogen and oxygen atoms in total. The number of nitro groups is 1. The summed E-state index contributed by atoms with van der Waals surface area (Å²) < 4.78 is 0. The molecule has 2 aromatic carbocycles. The zero-order valence-corrected chi connectivity index (χ0v) is 13.7. The Balaban J connectivity index is 1.73. The maximum Gasteiger partial charge on any atom is 0.276 e. The highest BCUT2D eigenvalue weighted by Gasteiger charge is 2.08. The summed E-state index contributed by atoms with van der Waals surface area (Å²) >= 11 is 5.96. The van der Waals surface area contributed by atoms with Crippen molar-refractivity contribution >= 4 is 46.2 Å². The molecule has 1 heterocycles. The van der Waals surface area contributed by atoms with Gasteiger partial charge in [-0.3, -0.25) is 20.5 Å². The van der Waals surface area contributed by atoms with Crippen molar-refractivity contribution in [3.05, 3.63) is 81.5 Å². The quantitative estimate of drug-likeness (QED) is 0.402. The second kappa shape index (κ2) is 7.55. The first-order valence-electron chi connectivity index (χ1n) is 7.38. The molecule has 1 N–H and O–H groups in total. The lowest BCUT2D eigenvalue weighted by molar-refractivity contribution is -0.385. The average Bonchev–Trinajstić information content (AvgIpc) is 2.61. The summed E-state index contributed by atoms with van der Waals surface area (Å²) in [6.07, 6.45) is 6.46. The van der Waals surface area contributed by atoms with E-state index >= 15 is 0 Å². The fourth-order valence-electron chi connectivity index (χ4n) is 2.31. The highest BCUT2D eigenvalue weighted by molar-refractivity contribution is 6.31. The number of fused-ring (bicyclic) bond motifs is 1.